The molecule has 0 aliphatic rings. The molecule has 0 fully saturated rings. The number of nitrogens with two attached hydrogens (primary N) is 1. The number of aromatic nitrogens is 2. The molecule has 0 atom stereocenters. The number of hydrogen-bond donors (Lipinski definition) is 1. The lowest BCUT2D eigenvalue weighted by Crippen LogP contribution is -2.13. The molecule has 20 heavy (non-hydrogen) atoms. The number of nitrogens with zero attached hydrogens (tertiary/aromatic N) is 2. The van der Waals surface area contributed by atoms with Crippen molar-refractivity contribution in [3.05, 3.63) is 39.2 Å². The van der Waals surface area contributed by atoms with Gasteiger partial charge in [-0.1, -0.05) is 39.5 Å². The average Bonchev–Trinajstić information content (AvgIpc) is 2.81. The summed E-state index contributed by atoms with van der Waals surface area (Å²) in [7, 11) is 0. The number of hydrogen-bond acceptors (Lipinski definition) is 5. The fourth-order valence-corrected chi connectivity index (χ4v) is 3.25. The van der Waals surface area contributed by atoms with Crippen molar-refractivity contribution in [1.82, 2.24) is 4.98 Å². The van der Waals surface area contributed by atoms with Gasteiger partial charge in [-0.05, 0) is 29.4 Å². The second-order valence-corrected chi connectivity index (χ2v) is 5.89. The van der Waals surface area contributed by atoms with Gasteiger partial charge >= 0.3 is 5.95 Å². The zero-order chi connectivity index (χ0) is 14.3. The van der Waals surface area contributed by atoms with Gasteiger partial charge in [-0.3, -0.25) is 5.73 Å². The molecular formula is C12H7Cl2N4OS+. The second kappa shape index (κ2) is 4.97. The first-order valence-corrected chi connectivity index (χ1v) is 7.07. The predicted octanol–water partition coefficient (Wildman–Crippen LogP) is 4.06. The lowest BCUT2D eigenvalue weighted by Gasteiger charge is -2.02. The third kappa shape index (κ3) is 2.22. The Balaban J connectivity index is 2.34. The predicted molar refractivity (Wildman–Crippen MR) is 81.5 cm³/mol. The Bertz CT molecular complexity index is 834. The topological polar surface area (TPSA) is 82.5 Å². The number of nitrogen functional groups attached to an aromatic ring is 1. The number of thiophene rings is 1. The van der Waals surface area contributed by atoms with Gasteiger partial charge in [0.25, 0.3) is 0 Å². The molecule has 3 N–H and O–H groups in total. The molecular weight excluding hydrogens is 319 g/mol. The number of benzene rings is 1. The monoisotopic (exact) mass is 325 g/mol. The zero-order valence-electron chi connectivity index (χ0n) is 9.85. The van der Waals surface area contributed by atoms with Gasteiger partial charge in [0.2, 0.25) is 0 Å². The Morgan fingerprint density at radius 3 is 2.80 bits per heavy atom. The van der Waals surface area contributed by atoms with E-state index in [1.165, 1.54) is 11.3 Å². The van der Waals surface area contributed by atoms with Crippen molar-refractivity contribution in [2.24, 2.45) is 5.18 Å². The van der Waals surface area contributed by atoms with E-state index < -0.39 is 0 Å². The van der Waals surface area contributed by atoms with Gasteiger partial charge in [-0.2, -0.15) is 0 Å². The van der Waals surface area contributed by atoms with E-state index in [1.807, 2.05) is 0 Å². The lowest BCUT2D eigenvalue weighted by atomic mass is 10.1. The molecule has 2 aromatic heterocycles. The molecule has 0 radical (unpaired) electrons. The Hall–Kier alpha value is -1.76. The summed E-state index contributed by atoms with van der Waals surface area (Å²) in [6, 6.07) is 6.76. The molecule has 0 aliphatic carbocycles. The van der Waals surface area contributed by atoms with Crippen LogP contribution in [0.25, 0.3) is 21.5 Å². The minimum atomic E-state index is 0.234. The van der Waals surface area contributed by atoms with E-state index in [2.05, 4.69) is 15.1 Å². The lowest BCUT2D eigenvalue weighted by molar-refractivity contribution is -0.327. The van der Waals surface area contributed by atoms with Crippen LogP contribution in [-0.2, 0) is 0 Å². The number of nitrogens with one attached hydrogen (secondary N) is 1. The summed E-state index contributed by atoms with van der Waals surface area (Å²) < 4.78 is 0. The average molecular weight is 326 g/mol. The maximum atomic E-state index is 10.7. The molecule has 0 saturated heterocycles. The van der Waals surface area contributed by atoms with Crippen molar-refractivity contribution in [2.75, 3.05) is 5.73 Å². The van der Waals surface area contributed by atoms with Crippen LogP contribution in [0.3, 0.4) is 0 Å². The van der Waals surface area contributed by atoms with Gasteiger partial charge in [0, 0.05) is 10.6 Å². The van der Waals surface area contributed by atoms with E-state index in [0.29, 0.717) is 31.1 Å². The fraction of sp³-hybridized carbons (Fsp3) is 0. The minimum absolute atomic E-state index is 0.234. The van der Waals surface area contributed by atoms with Crippen LogP contribution in [0.4, 0.5) is 10.9 Å². The Morgan fingerprint density at radius 2 is 2.10 bits per heavy atom. The van der Waals surface area contributed by atoms with E-state index in [9.17, 15) is 4.91 Å². The molecule has 0 bridgehead atoms. The van der Waals surface area contributed by atoms with Crippen molar-refractivity contribution in [3.63, 3.8) is 0 Å². The molecule has 0 unspecified atom stereocenters. The van der Waals surface area contributed by atoms with Crippen LogP contribution in [0.15, 0.2) is 29.4 Å². The molecule has 0 aliphatic heterocycles. The summed E-state index contributed by atoms with van der Waals surface area (Å²) >= 11 is 13.3. The summed E-state index contributed by atoms with van der Waals surface area (Å²) in [5.41, 5.74) is 7.03. The third-order valence-corrected chi connectivity index (χ3v) is 4.20. The first-order valence-electron chi connectivity index (χ1n) is 5.49. The second-order valence-electron chi connectivity index (χ2n) is 4.01. The molecule has 2 heterocycles. The quantitative estimate of drug-likeness (QED) is 0.721. The fourth-order valence-electron chi connectivity index (χ4n) is 1.90. The molecule has 0 amide bonds. The Labute approximate surface area is 127 Å². The zero-order valence-corrected chi connectivity index (χ0v) is 12.2. The van der Waals surface area contributed by atoms with Crippen LogP contribution < -0.4 is 10.7 Å². The molecule has 5 nitrogen and oxygen atoms in total. The van der Waals surface area contributed by atoms with Crippen LogP contribution in [0, 0.1) is 4.91 Å². The standard InChI is InChI=1S/C12H6Cl2N4OS/c13-5-1-2-6(8(14)3-5)10-7-4-9(18-19)20-11(7)17-12(15)16-10/h1-4H,(H2,15,16,17)/p+1. The first-order chi connectivity index (χ1) is 9.58. The normalized spacial score (nSPS) is 10.9. The SMILES string of the molecule is Nc1nc(-c2ccc(Cl)cc2Cl)c2cc(N=O)sc2[nH+]1. The molecule has 3 rings (SSSR count). The summed E-state index contributed by atoms with van der Waals surface area (Å²) in [5.74, 6) is 0.234. The first kappa shape index (κ1) is 13.2. The van der Waals surface area contributed by atoms with Gasteiger partial charge in [0.1, 0.15) is 0 Å². The highest BCUT2D eigenvalue weighted by Gasteiger charge is 2.19. The van der Waals surface area contributed by atoms with Crippen LogP contribution in [0.5, 0.6) is 0 Å². The Kier molecular flexibility index (Phi) is 3.29. The highest BCUT2D eigenvalue weighted by molar-refractivity contribution is 7.21. The van der Waals surface area contributed by atoms with Crippen molar-refractivity contribution in [2.45, 2.75) is 0 Å². The third-order valence-electron chi connectivity index (χ3n) is 2.72. The number of aromatic amines is 1. The highest BCUT2D eigenvalue weighted by atomic mass is 35.5. The van der Waals surface area contributed by atoms with Crippen LogP contribution in [0.1, 0.15) is 0 Å². The van der Waals surface area contributed by atoms with Crippen molar-refractivity contribution in [1.29, 1.82) is 0 Å². The van der Waals surface area contributed by atoms with E-state index in [-0.39, 0.29) is 5.95 Å². The summed E-state index contributed by atoms with van der Waals surface area (Å²) in [5, 5.41) is 5.01. The van der Waals surface area contributed by atoms with Gasteiger partial charge in [-0.15, -0.1) is 4.91 Å². The van der Waals surface area contributed by atoms with E-state index in [0.717, 1.165) is 5.39 Å². The summed E-state index contributed by atoms with van der Waals surface area (Å²) in [4.78, 5) is 18.6. The maximum Gasteiger partial charge on any atom is 0.388 e. The largest absolute Gasteiger partial charge is 0.388 e. The van der Waals surface area contributed by atoms with Crippen molar-refractivity contribution >= 4 is 55.7 Å². The van der Waals surface area contributed by atoms with Gasteiger partial charge in [-0.25, -0.2) is 4.98 Å². The number of H-pyrrole nitrogens is 1. The molecule has 3 aromatic rings. The van der Waals surface area contributed by atoms with Crippen molar-refractivity contribution in [3.8, 4) is 11.3 Å². The summed E-state index contributed by atoms with van der Waals surface area (Å²) in [6.45, 7) is 0. The molecule has 8 heteroatoms. The number of nitroso groups, excluding NO2 is 1. The van der Waals surface area contributed by atoms with Crippen LogP contribution >= 0.6 is 34.5 Å². The summed E-state index contributed by atoms with van der Waals surface area (Å²) in [6.07, 6.45) is 0. The van der Waals surface area contributed by atoms with E-state index in [4.69, 9.17) is 28.9 Å². The van der Waals surface area contributed by atoms with E-state index >= 15 is 0 Å². The highest BCUT2D eigenvalue weighted by Crippen LogP contribution is 2.37. The van der Waals surface area contributed by atoms with Gasteiger partial charge in [0.05, 0.1) is 10.4 Å². The van der Waals surface area contributed by atoms with Crippen LogP contribution in [0.2, 0.25) is 10.0 Å². The van der Waals surface area contributed by atoms with E-state index in [1.54, 1.807) is 24.3 Å². The molecule has 1 aromatic carbocycles. The van der Waals surface area contributed by atoms with Gasteiger partial charge < -0.3 is 0 Å². The number of fused-ring (bicyclic) bond motifs is 1. The molecule has 0 spiro atoms. The minimum Gasteiger partial charge on any atom is -0.287 e. The molecule has 0 saturated carbocycles. The molecule has 100 valence electrons. The Morgan fingerprint density at radius 1 is 1.30 bits per heavy atom. The number of rotatable bonds is 2. The van der Waals surface area contributed by atoms with Crippen molar-refractivity contribution < 1.29 is 4.98 Å². The smallest absolute Gasteiger partial charge is 0.287 e. The van der Waals surface area contributed by atoms with Crippen LogP contribution in [-0.4, -0.2) is 4.98 Å². The number of halogens is 2. The number of anilines is 1. The van der Waals surface area contributed by atoms with Gasteiger partial charge in [0.15, 0.2) is 15.5 Å². The maximum absolute atomic E-state index is 10.7.